The number of esters is 1. The van der Waals surface area contributed by atoms with Gasteiger partial charge in [-0.05, 0) is 71.1 Å². The molecule has 0 amide bonds. The summed E-state index contributed by atoms with van der Waals surface area (Å²) in [5.41, 5.74) is -0.200. The van der Waals surface area contributed by atoms with Crippen molar-refractivity contribution in [2.75, 3.05) is 6.61 Å². The van der Waals surface area contributed by atoms with Crippen molar-refractivity contribution in [2.24, 2.45) is 16.7 Å². The highest BCUT2D eigenvalue weighted by Crippen LogP contribution is 2.46. The highest BCUT2D eigenvalue weighted by molar-refractivity contribution is 5.79. The van der Waals surface area contributed by atoms with E-state index in [0.29, 0.717) is 17.9 Å². The second-order valence-electron chi connectivity index (χ2n) is 9.24. The first-order valence-corrected chi connectivity index (χ1v) is 8.88. The number of carbonyl (C=O) groups is 1. The fourth-order valence-corrected chi connectivity index (χ4v) is 3.60. The van der Waals surface area contributed by atoms with E-state index in [2.05, 4.69) is 20.8 Å². The monoisotopic (exact) mass is 310 g/mol. The Hall–Kier alpha value is -0.570. The van der Waals surface area contributed by atoms with Crippen LogP contribution in [0.25, 0.3) is 0 Å². The molecule has 0 N–H and O–H groups in total. The third-order valence-corrected chi connectivity index (χ3v) is 5.46. The molecular formula is C19H34O3. The fraction of sp³-hybridized carbons (Fsp3) is 0.947. The van der Waals surface area contributed by atoms with E-state index in [9.17, 15) is 4.79 Å². The van der Waals surface area contributed by atoms with Crippen molar-refractivity contribution >= 4 is 5.97 Å². The van der Waals surface area contributed by atoms with E-state index in [1.165, 1.54) is 25.7 Å². The number of carbonyl (C=O) groups excluding carboxylic acids is 1. The standard InChI is InChI=1S/C19H34O3/c1-14(15-8-7-9-17(2,3)12-15)22-18(4,5)13-21-16(20)19(6)10-11-19/h14-15H,7-13H2,1-6H3. The Kier molecular flexibility index (Phi) is 4.97. The first-order valence-electron chi connectivity index (χ1n) is 8.88. The average molecular weight is 310 g/mol. The third-order valence-electron chi connectivity index (χ3n) is 5.46. The minimum Gasteiger partial charge on any atom is -0.462 e. The van der Waals surface area contributed by atoms with Crippen LogP contribution in [0.5, 0.6) is 0 Å². The van der Waals surface area contributed by atoms with E-state index in [0.717, 1.165) is 12.8 Å². The average Bonchev–Trinajstić information content (AvgIpc) is 3.14. The SMILES string of the molecule is CC(OC(C)(C)COC(=O)C1(C)CC1)C1CCCC(C)(C)C1. The van der Waals surface area contributed by atoms with Gasteiger partial charge in [0.25, 0.3) is 0 Å². The molecule has 0 saturated heterocycles. The lowest BCUT2D eigenvalue weighted by molar-refractivity contribution is -0.166. The number of hydrogen-bond donors (Lipinski definition) is 0. The predicted molar refractivity (Wildman–Crippen MR) is 88.7 cm³/mol. The van der Waals surface area contributed by atoms with Crippen molar-refractivity contribution in [3.63, 3.8) is 0 Å². The van der Waals surface area contributed by atoms with Gasteiger partial charge < -0.3 is 9.47 Å². The lowest BCUT2D eigenvalue weighted by Gasteiger charge is -2.40. The summed E-state index contributed by atoms with van der Waals surface area (Å²) in [4.78, 5) is 12.0. The largest absolute Gasteiger partial charge is 0.462 e. The first-order chi connectivity index (χ1) is 10.0. The van der Waals surface area contributed by atoms with Crippen LogP contribution in [0, 0.1) is 16.7 Å². The second-order valence-corrected chi connectivity index (χ2v) is 9.24. The molecule has 2 unspecified atom stereocenters. The first kappa shape index (κ1) is 17.8. The molecule has 0 aromatic rings. The molecule has 3 heteroatoms. The highest BCUT2D eigenvalue weighted by Gasteiger charge is 2.47. The van der Waals surface area contributed by atoms with E-state index in [4.69, 9.17) is 9.47 Å². The number of ether oxygens (including phenoxy) is 2. The van der Waals surface area contributed by atoms with Crippen molar-refractivity contribution in [1.82, 2.24) is 0 Å². The van der Waals surface area contributed by atoms with Crippen LogP contribution < -0.4 is 0 Å². The zero-order valence-corrected chi connectivity index (χ0v) is 15.3. The molecule has 2 saturated carbocycles. The van der Waals surface area contributed by atoms with Crippen molar-refractivity contribution in [2.45, 2.75) is 91.8 Å². The number of hydrogen-bond acceptors (Lipinski definition) is 3. The van der Waals surface area contributed by atoms with Gasteiger partial charge in [0.15, 0.2) is 0 Å². The molecule has 0 heterocycles. The van der Waals surface area contributed by atoms with E-state index in [-0.39, 0.29) is 17.5 Å². The van der Waals surface area contributed by atoms with E-state index in [1.807, 2.05) is 20.8 Å². The van der Waals surface area contributed by atoms with Crippen LogP contribution in [0.1, 0.15) is 80.1 Å². The Morgan fingerprint density at radius 2 is 1.86 bits per heavy atom. The summed E-state index contributed by atoms with van der Waals surface area (Å²) in [5.74, 6) is 0.551. The van der Waals surface area contributed by atoms with Gasteiger partial charge in [-0.1, -0.05) is 20.3 Å². The molecule has 2 aliphatic rings. The van der Waals surface area contributed by atoms with Crippen molar-refractivity contribution in [3.05, 3.63) is 0 Å². The Morgan fingerprint density at radius 1 is 1.23 bits per heavy atom. The summed E-state index contributed by atoms with van der Waals surface area (Å²) in [7, 11) is 0. The Balaban J connectivity index is 1.81. The summed E-state index contributed by atoms with van der Waals surface area (Å²) < 4.78 is 11.8. The lowest BCUT2D eigenvalue weighted by atomic mass is 9.71. The van der Waals surface area contributed by atoms with Crippen LogP contribution in [0.3, 0.4) is 0 Å². The summed E-state index contributed by atoms with van der Waals surface area (Å²) >= 11 is 0. The van der Waals surface area contributed by atoms with Crippen LogP contribution in [0.15, 0.2) is 0 Å². The zero-order valence-electron chi connectivity index (χ0n) is 15.3. The van der Waals surface area contributed by atoms with Crippen LogP contribution >= 0.6 is 0 Å². The normalized spacial score (nSPS) is 28.0. The quantitative estimate of drug-likeness (QED) is 0.665. The third kappa shape index (κ3) is 4.71. The summed E-state index contributed by atoms with van der Waals surface area (Å²) in [6.07, 6.45) is 7.21. The lowest BCUT2D eigenvalue weighted by Crippen LogP contribution is -2.40. The molecule has 0 radical (unpaired) electrons. The van der Waals surface area contributed by atoms with Crippen molar-refractivity contribution in [3.8, 4) is 0 Å². The molecule has 3 nitrogen and oxygen atoms in total. The summed E-state index contributed by atoms with van der Waals surface area (Å²) in [5, 5.41) is 0. The van der Waals surface area contributed by atoms with E-state index in [1.54, 1.807) is 0 Å². The van der Waals surface area contributed by atoms with Gasteiger partial charge >= 0.3 is 5.97 Å². The maximum absolute atomic E-state index is 12.0. The molecule has 2 fully saturated rings. The molecule has 0 aromatic carbocycles. The van der Waals surface area contributed by atoms with Gasteiger partial charge in [-0.3, -0.25) is 4.79 Å². The molecule has 0 spiro atoms. The van der Waals surface area contributed by atoms with Crippen LogP contribution in [0.4, 0.5) is 0 Å². The summed E-state index contributed by atoms with van der Waals surface area (Å²) in [6.45, 7) is 13.3. The fourth-order valence-electron chi connectivity index (χ4n) is 3.60. The zero-order chi connectivity index (χ0) is 16.6. The van der Waals surface area contributed by atoms with Gasteiger partial charge in [0.1, 0.15) is 6.61 Å². The van der Waals surface area contributed by atoms with Gasteiger partial charge in [-0.15, -0.1) is 0 Å². The molecule has 0 aromatic heterocycles. The van der Waals surface area contributed by atoms with Gasteiger partial charge in [0.05, 0.1) is 17.1 Å². The molecule has 128 valence electrons. The van der Waals surface area contributed by atoms with Crippen molar-refractivity contribution in [1.29, 1.82) is 0 Å². The van der Waals surface area contributed by atoms with Gasteiger partial charge in [-0.2, -0.15) is 0 Å². The summed E-state index contributed by atoms with van der Waals surface area (Å²) in [6, 6.07) is 0. The maximum atomic E-state index is 12.0. The Morgan fingerprint density at radius 3 is 2.41 bits per heavy atom. The van der Waals surface area contributed by atoms with Crippen LogP contribution in [-0.4, -0.2) is 24.3 Å². The topological polar surface area (TPSA) is 35.5 Å². The second kappa shape index (κ2) is 6.14. The Labute approximate surface area is 136 Å². The van der Waals surface area contributed by atoms with Gasteiger partial charge in [0.2, 0.25) is 0 Å². The van der Waals surface area contributed by atoms with Gasteiger partial charge in [-0.25, -0.2) is 0 Å². The van der Waals surface area contributed by atoms with E-state index < -0.39 is 5.60 Å². The molecule has 2 rings (SSSR count). The highest BCUT2D eigenvalue weighted by atomic mass is 16.6. The predicted octanol–water partition coefficient (Wildman–Crippen LogP) is 4.73. The molecular weight excluding hydrogens is 276 g/mol. The molecule has 0 aliphatic heterocycles. The number of rotatable bonds is 6. The van der Waals surface area contributed by atoms with Gasteiger partial charge in [0, 0.05) is 0 Å². The minimum absolute atomic E-state index is 0.0596. The molecule has 0 bridgehead atoms. The Bertz CT molecular complexity index is 407. The minimum atomic E-state index is -0.415. The van der Waals surface area contributed by atoms with Crippen LogP contribution in [0.2, 0.25) is 0 Å². The molecule has 22 heavy (non-hydrogen) atoms. The van der Waals surface area contributed by atoms with E-state index >= 15 is 0 Å². The maximum Gasteiger partial charge on any atom is 0.311 e. The molecule has 2 aliphatic carbocycles. The molecule has 2 atom stereocenters. The van der Waals surface area contributed by atoms with Crippen molar-refractivity contribution < 1.29 is 14.3 Å². The smallest absolute Gasteiger partial charge is 0.311 e. The van der Waals surface area contributed by atoms with Crippen LogP contribution in [-0.2, 0) is 14.3 Å².